The Kier molecular flexibility index (Phi) is 5.89. The van der Waals surface area contributed by atoms with E-state index in [1.807, 2.05) is 4.90 Å². The Labute approximate surface area is 173 Å². The Balaban J connectivity index is 1.61. The number of fused-ring (bicyclic) bond motifs is 3. The number of hydrogen-bond acceptors (Lipinski definition) is 6. The van der Waals surface area contributed by atoms with Gasteiger partial charge in [-0.3, -0.25) is 14.2 Å². The normalized spacial score (nSPS) is 17.7. The maximum Gasteiger partial charge on any atom is 0.263 e. The number of likely N-dealkylation sites (N-methyl/N-ethyl adjacent to an activating group) is 1. The summed E-state index contributed by atoms with van der Waals surface area (Å²) in [5.74, 6) is 0.423. The molecule has 0 atom stereocenters. The Bertz CT molecular complexity index is 957. The van der Waals surface area contributed by atoms with Gasteiger partial charge in [0.15, 0.2) is 5.16 Å². The van der Waals surface area contributed by atoms with Gasteiger partial charge in [-0.15, -0.1) is 17.9 Å². The summed E-state index contributed by atoms with van der Waals surface area (Å²) in [6.45, 7) is 7.55. The number of aromatic nitrogens is 2. The van der Waals surface area contributed by atoms with Gasteiger partial charge in [-0.2, -0.15) is 0 Å². The van der Waals surface area contributed by atoms with Crippen LogP contribution in [0.4, 0.5) is 0 Å². The molecule has 150 valence electrons. The van der Waals surface area contributed by atoms with E-state index >= 15 is 0 Å². The third-order valence-electron chi connectivity index (χ3n) is 5.53. The first-order valence-corrected chi connectivity index (χ1v) is 11.6. The van der Waals surface area contributed by atoms with E-state index in [-0.39, 0.29) is 11.5 Å². The molecule has 1 saturated heterocycles. The number of carbonyl (C=O) groups excluding carboxylic acids is 1. The van der Waals surface area contributed by atoms with Crippen molar-refractivity contribution >= 4 is 39.2 Å². The molecular formula is C20H26N4O2S2. The van der Waals surface area contributed by atoms with E-state index in [2.05, 4.69) is 18.5 Å². The van der Waals surface area contributed by atoms with Crippen LogP contribution < -0.4 is 5.56 Å². The fourth-order valence-corrected chi connectivity index (χ4v) is 6.11. The molecule has 4 rings (SSSR count). The summed E-state index contributed by atoms with van der Waals surface area (Å²) < 4.78 is 1.68. The fraction of sp³-hybridized carbons (Fsp3) is 0.550. The number of rotatable bonds is 5. The molecule has 0 N–H and O–H groups in total. The zero-order valence-corrected chi connectivity index (χ0v) is 17.9. The second-order valence-electron chi connectivity index (χ2n) is 7.46. The highest BCUT2D eigenvalue weighted by atomic mass is 32.2. The van der Waals surface area contributed by atoms with Crippen LogP contribution in [0.2, 0.25) is 0 Å². The van der Waals surface area contributed by atoms with Gasteiger partial charge in [0.2, 0.25) is 5.91 Å². The number of thiophene rings is 1. The molecule has 0 spiro atoms. The van der Waals surface area contributed by atoms with Crippen LogP contribution in [0.3, 0.4) is 0 Å². The number of piperazine rings is 1. The van der Waals surface area contributed by atoms with E-state index in [9.17, 15) is 9.59 Å². The van der Waals surface area contributed by atoms with Crippen molar-refractivity contribution in [2.75, 3.05) is 39.0 Å². The predicted octanol–water partition coefficient (Wildman–Crippen LogP) is 2.39. The van der Waals surface area contributed by atoms with E-state index < -0.39 is 0 Å². The molecule has 1 aliphatic carbocycles. The first-order chi connectivity index (χ1) is 13.6. The third-order valence-corrected chi connectivity index (χ3v) is 7.68. The molecule has 3 heterocycles. The highest BCUT2D eigenvalue weighted by molar-refractivity contribution is 7.99. The van der Waals surface area contributed by atoms with E-state index in [1.165, 1.54) is 28.6 Å². The van der Waals surface area contributed by atoms with Crippen LogP contribution in [0, 0.1) is 0 Å². The lowest BCUT2D eigenvalue weighted by molar-refractivity contribution is -0.129. The van der Waals surface area contributed by atoms with Gasteiger partial charge in [0.05, 0.1) is 11.1 Å². The van der Waals surface area contributed by atoms with Crippen molar-refractivity contribution in [1.29, 1.82) is 0 Å². The van der Waals surface area contributed by atoms with Crippen molar-refractivity contribution in [3.8, 4) is 0 Å². The van der Waals surface area contributed by atoms with E-state index in [0.29, 0.717) is 17.5 Å². The molecule has 0 aromatic carbocycles. The molecular weight excluding hydrogens is 392 g/mol. The molecule has 0 bridgehead atoms. The average molecular weight is 419 g/mol. The van der Waals surface area contributed by atoms with Crippen LogP contribution >= 0.6 is 23.1 Å². The molecule has 2 aliphatic rings. The zero-order valence-electron chi connectivity index (χ0n) is 16.3. The molecule has 1 amide bonds. The van der Waals surface area contributed by atoms with Gasteiger partial charge in [-0.25, -0.2) is 4.98 Å². The van der Waals surface area contributed by atoms with Crippen molar-refractivity contribution in [3.63, 3.8) is 0 Å². The highest BCUT2D eigenvalue weighted by Gasteiger charge is 2.23. The van der Waals surface area contributed by atoms with Gasteiger partial charge in [0.1, 0.15) is 4.83 Å². The molecule has 2 aromatic heterocycles. The summed E-state index contributed by atoms with van der Waals surface area (Å²) in [5, 5.41) is 1.41. The van der Waals surface area contributed by atoms with Crippen molar-refractivity contribution < 1.29 is 4.79 Å². The first-order valence-electron chi connectivity index (χ1n) is 9.83. The second kappa shape index (κ2) is 8.39. The molecule has 6 nitrogen and oxygen atoms in total. The van der Waals surface area contributed by atoms with Gasteiger partial charge in [0, 0.05) is 37.6 Å². The van der Waals surface area contributed by atoms with Crippen LogP contribution in [-0.4, -0.2) is 64.2 Å². The lowest BCUT2D eigenvalue weighted by Crippen LogP contribution is -2.47. The van der Waals surface area contributed by atoms with Gasteiger partial charge >= 0.3 is 0 Å². The number of thioether (sulfide) groups is 1. The molecule has 0 unspecified atom stereocenters. The van der Waals surface area contributed by atoms with Crippen LogP contribution in [-0.2, 0) is 24.2 Å². The van der Waals surface area contributed by atoms with Crippen LogP contribution in [0.15, 0.2) is 22.6 Å². The monoisotopic (exact) mass is 418 g/mol. The summed E-state index contributed by atoms with van der Waals surface area (Å²) >= 11 is 3.02. The number of amides is 1. The fourth-order valence-electron chi connectivity index (χ4n) is 3.89. The Hall–Kier alpha value is -1.64. The van der Waals surface area contributed by atoms with Crippen LogP contribution in [0.25, 0.3) is 10.2 Å². The van der Waals surface area contributed by atoms with Crippen molar-refractivity contribution in [1.82, 2.24) is 19.4 Å². The molecule has 1 fully saturated rings. The Morgan fingerprint density at radius 2 is 2.00 bits per heavy atom. The highest BCUT2D eigenvalue weighted by Crippen LogP contribution is 2.34. The number of nitrogens with zero attached hydrogens (tertiary/aromatic N) is 4. The SMILES string of the molecule is C=CCn1c(SCC(=O)N2CCN(C)CC2)nc2sc3c(c2c1=O)CCCC3. The number of aryl methyl sites for hydroxylation is 2. The Morgan fingerprint density at radius 3 is 2.75 bits per heavy atom. The van der Waals surface area contributed by atoms with Crippen LogP contribution in [0.5, 0.6) is 0 Å². The summed E-state index contributed by atoms with van der Waals surface area (Å²) in [4.78, 5) is 36.9. The molecule has 28 heavy (non-hydrogen) atoms. The minimum atomic E-state index is 0.0128. The van der Waals surface area contributed by atoms with E-state index in [4.69, 9.17) is 4.98 Å². The number of allylic oxidation sites excluding steroid dienone is 1. The van der Waals surface area contributed by atoms with Gasteiger partial charge < -0.3 is 9.80 Å². The van der Waals surface area contributed by atoms with E-state index in [0.717, 1.165) is 55.7 Å². The lowest BCUT2D eigenvalue weighted by Gasteiger charge is -2.32. The number of hydrogen-bond donors (Lipinski definition) is 0. The van der Waals surface area contributed by atoms with Crippen molar-refractivity contribution in [2.24, 2.45) is 0 Å². The molecule has 0 saturated carbocycles. The molecule has 2 aromatic rings. The van der Waals surface area contributed by atoms with E-state index in [1.54, 1.807) is 22.0 Å². The maximum absolute atomic E-state index is 13.2. The summed E-state index contributed by atoms with van der Waals surface area (Å²) in [6, 6.07) is 0. The topological polar surface area (TPSA) is 58.4 Å². The first kappa shape index (κ1) is 19.7. The average Bonchev–Trinajstić information content (AvgIpc) is 3.07. The van der Waals surface area contributed by atoms with Gasteiger partial charge in [0.25, 0.3) is 5.56 Å². The lowest BCUT2D eigenvalue weighted by atomic mass is 9.97. The Morgan fingerprint density at radius 1 is 1.25 bits per heavy atom. The quantitative estimate of drug-likeness (QED) is 0.424. The molecule has 0 radical (unpaired) electrons. The number of carbonyl (C=O) groups is 1. The predicted molar refractivity (Wildman–Crippen MR) is 116 cm³/mol. The summed E-state index contributed by atoms with van der Waals surface area (Å²) in [7, 11) is 2.07. The molecule has 1 aliphatic heterocycles. The minimum absolute atomic E-state index is 0.0128. The van der Waals surface area contributed by atoms with Crippen molar-refractivity contribution in [3.05, 3.63) is 33.4 Å². The summed E-state index contributed by atoms with van der Waals surface area (Å²) in [5.41, 5.74) is 1.21. The zero-order chi connectivity index (χ0) is 19.7. The van der Waals surface area contributed by atoms with Gasteiger partial charge in [-0.05, 0) is 38.3 Å². The van der Waals surface area contributed by atoms with Gasteiger partial charge in [-0.1, -0.05) is 17.8 Å². The largest absolute Gasteiger partial charge is 0.339 e. The maximum atomic E-state index is 13.2. The second-order valence-corrected chi connectivity index (χ2v) is 9.49. The van der Waals surface area contributed by atoms with Crippen molar-refractivity contribution in [2.45, 2.75) is 37.4 Å². The minimum Gasteiger partial charge on any atom is -0.339 e. The smallest absolute Gasteiger partial charge is 0.263 e. The molecule has 8 heteroatoms. The third kappa shape index (κ3) is 3.77. The van der Waals surface area contributed by atoms with Crippen LogP contribution in [0.1, 0.15) is 23.3 Å². The summed E-state index contributed by atoms with van der Waals surface area (Å²) in [6.07, 6.45) is 6.05. The standard InChI is InChI=1S/C20H26N4O2S2/c1-3-8-24-19(26)17-14-6-4-5-7-15(14)28-18(17)21-20(24)27-13-16(25)23-11-9-22(2)10-12-23/h3H,1,4-13H2,2H3.